The smallest absolute Gasteiger partial charge is 0.208 e. The Bertz CT molecular complexity index is 842. The summed E-state index contributed by atoms with van der Waals surface area (Å²) in [5, 5.41) is 2.16. The van der Waals surface area contributed by atoms with Crippen molar-refractivity contribution in [1.82, 2.24) is 0 Å². The zero-order valence-electron chi connectivity index (χ0n) is 12.9. The van der Waals surface area contributed by atoms with E-state index in [2.05, 4.69) is 41.4 Å². The summed E-state index contributed by atoms with van der Waals surface area (Å²) >= 11 is 7.95. The van der Waals surface area contributed by atoms with Gasteiger partial charge in [-0.05, 0) is 43.0 Å². The number of aromatic nitrogens is 1. The van der Waals surface area contributed by atoms with E-state index < -0.39 is 0 Å². The molecule has 116 valence electrons. The Balaban J connectivity index is 1.73. The van der Waals surface area contributed by atoms with Gasteiger partial charge in [-0.2, -0.15) is 0 Å². The fourth-order valence-electron chi connectivity index (χ4n) is 3.31. The molecule has 0 saturated heterocycles. The van der Waals surface area contributed by atoms with E-state index in [1.807, 2.05) is 23.9 Å². The summed E-state index contributed by atoms with van der Waals surface area (Å²) in [6.45, 7) is 0. The van der Waals surface area contributed by atoms with Crippen LogP contribution in [0.3, 0.4) is 0 Å². The summed E-state index contributed by atoms with van der Waals surface area (Å²) in [5.74, 6) is 0.984. The van der Waals surface area contributed by atoms with Gasteiger partial charge in [-0.25, -0.2) is 4.98 Å². The zero-order valence-corrected chi connectivity index (χ0v) is 14.5. The predicted molar refractivity (Wildman–Crippen MR) is 98.2 cm³/mol. The van der Waals surface area contributed by atoms with Crippen LogP contribution in [0.2, 0.25) is 5.02 Å². The van der Waals surface area contributed by atoms with E-state index in [0.29, 0.717) is 0 Å². The van der Waals surface area contributed by atoms with Crippen LogP contribution in [0.5, 0.6) is 0 Å². The lowest BCUT2D eigenvalue weighted by Gasteiger charge is -2.16. The molecule has 1 heterocycles. The lowest BCUT2D eigenvalue weighted by molar-refractivity contribution is -0.359. The van der Waals surface area contributed by atoms with Gasteiger partial charge in [0.15, 0.2) is 5.69 Å². The minimum atomic E-state index is 0.802. The Morgan fingerprint density at radius 2 is 1.74 bits per heavy atom. The molecule has 0 unspecified atom stereocenters. The largest absolute Gasteiger partial charge is 0.212 e. The molecule has 0 radical (unpaired) electrons. The van der Waals surface area contributed by atoms with Crippen LogP contribution < -0.4 is 4.98 Å². The molecule has 0 bridgehead atoms. The third-order valence-electron chi connectivity index (χ3n) is 4.50. The summed E-state index contributed by atoms with van der Waals surface area (Å²) in [7, 11) is 0. The highest BCUT2D eigenvalue weighted by Crippen LogP contribution is 2.36. The van der Waals surface area contributed by atoms with E-state index in [-0.39, 0.29) is 0 Å². The number of nitrogens with one attached hydrogen (secondary N) is 1. The highest BCUT2D eigenvalue weighted by molar-refractivity contribution is 7.98. The topological polar surface area (TPSA) is 14.1 Å². The monoisotopic (exact) mass is 340 g/mol. The first-order chi connectivity index (χ1) is 11.3. The number of hydrogen-bond acceptors (Lipinski definition) is 1. The van der Waals surface area contributed by atoms with Crippen LogP contribution in [0.15, 0.2) is 53.4 Å². The first kappa shape index (κ1) is 15.0. The second-order valence-electron chi connectivity index (χ2n) is 6.08. The van der Waals surface area contributed by atoms with Gasteiger partial charge < -0.3 is 0 Å². The summed E-state index contributed by atoms with van der Waals surface area (Å²) < 4.78 is 0. The number of thioether (sulfide) groups is 1. The third-order valence-corrected chi connectivity index (χ3v) is 5.98. The molecule has 23 heavy (non-hydrogen) atoms. The Labute approximate surface area is 146 Å². The van der Waals surface area contributed by atoms with Gasteiger partial charge in [-0.3, -0.25) is 0 Å². The normalized spacial score (nSPS) is 14.0. The number of aromatic amines is 1. The SMILES string of the molecule is Clc1ccc(CSc2c3c([nH+]c4ccccc24)CCCC3)cc1. The van der Waals surface area contributed by atoms with Crippen molar-refractivity contribution in [2.24, 2.45) is 0 Å². The second-order valence-corrected chi connectivity index (χ2v) is 7.50. The van der Waals surface area contributed by atoms with Crippen LogP contribution in [-0.4, -0.2) is 0 Å². The summed E-state index contributed by atoms with van der Waals surface area (Å²) in [6, 6.07) is 16.9. The second kappa shape index (κ2) is 6.54. The number of para-hydroxylation sites is 1. The first-order valence-corrected chi connectivity index (χ1v) is 9.50. The van der Waals surface area contributed by atoms with Crippen molar-refractivity contribution >= 4 is 34.3 Å². The molecular formula is C20H19ClNS+. The van der Waals surface area contributed by atoms with Crippen molar-refractivity contribution in [2.45, 2.75) is 36.3 Å². The van der Waals surface area contributed by atoms with Gasteiger partial charge in [-0.15, -0.1) is 11.8 Å². The number of pyridine rings is 1. The molecule has 1 aliphatic rings. The lowest BCUT2D eigenvalue weighted by atomic mass is 9.94. The molecular weight excluding hydrogens is 322 g/mol. The molecule has 1 aliphatic carbocycles. The maximum absolute atomic E-state index is 5.99. The average molecular weight is 341 g/mol. The molecule has 0 amide bonds. The third kappa shape index (κ3) is 3.11. The highest BCUT2D eigenvalue weighted by Gasteiger charge is 2.22. The summed E-state index contributed by atoms with van der Waals surface area (Å²) in [4.78, 5) is 5.12. The fraction of sp³-hybridized carbons (Fsp3) is 0.250. The molecule has 0 aliphatic heterocycles. The van der Waals surface area contributed by atoms with E-state index >= 15 is 0 Å². The van der Waals surface area contributed by atoms with Gasteiger partial charge in [-0.1, -0.05) is 35.9 Å². The van der Waals surface area contributed by atoms with Crippen molar-refractivity contribution in [1.29, 1.82) is 0 Å². The Morgan fingerprint density at radius 3 is 2.61 bits per heavy atom. The number of benzene rings is 2. The van der Waals surface area contributed by atoms with Gasteiger partial charge in [0.25, 0.3) is 0 Å². The Morgan fingerprint density at radius 1 is 0.957 bits per heavy atom. The maximum Gasteiger partial charge on any atom is 0.212 e. The molecule has 0 fully saturated rings. The number of hydrogen-bond donors (Lipinski definition) is 0. The molecule has 2 aromatic carbocycles. The van der Waals surface area contributed by atoms with Crippen molar-refractivity contribution < 1.29 is 4.98 Å². The van der Waals surface area contributed by atoms with Crippen molar-refractivity contribution in [2.75, 3.05) is 0 Å². The molecule has 1 nitrogen and oxygen atoms in total. The van der Waals surface area contributed by atoms with Crippen molar-refractivity contribution in [3.05, 3.63) is 70.4 Å². The molecule has 4 rings (SSSR count). The van der Waals surface area contributed by atoms with E-state index in [1.54, 1.807) is 0 Å². The van der Waals surface area contributed by atoms with E-state index in [4.69, 9.17) is 11.6 Å². The predicted octanol–water partition coefficient (Wildman–Crippen LogP) is 5.48. The minimum absolute atomic E-state index is 0.802. The van der Waals surface area contributed by atoms with Crippen molar-refractivity contribution in [3.8, 4) is 0 Å². The molecule has 1 N–H and O–H groups in total. The van der Waals surface area contributed by atoms with Crippen LogP contribution >= 0.6 is 23.4 Å². The lowest BCUT2D eigenvalue weighted by Crippen LogP contribution is -2.20. The molecule has 3 heteroatoms. The van der Waals surface area contributed by atoms with Crippen molar-refractivity contribution in [3.63, 3.8) is 0 Å². The van der Waals surface area contributed by atoms with E-state index in [0.717, 1.165) is 10.8 Å². The van der Waals surface area contributed by atoms with E-state index in [9.17, 15) is 0 Å². The molecule has 3 aromatic rings. The number of fused-ring (bicyclic) bond motifs is 2. The Hall–Kier alpha value is -1.51. The van der Waals surface area contributed by atoms with Crippen LogP contribution in [-0.2, 0) is 18.6 Å². The van der Waals surface area contributed by atoms with Crippen LogP contribution in [0.25, 0.3) is 10.9 Å². The highest BCUT2D eigenvalue weighted by atomic mass is 35.5. The van der Waals surface area contributed by atoms with Crippen LogP contribution in [0, 0.1) is 0 Å². The summed E-state index contributed by atoms with van der Waals surface area (Å²) in [5.41, 5.74) is 5.55. The quantitative estimate of drug-likeness (QED) is 0.576. The first-order valence-electron chi connectivity index (χ1n) is 8.14. The number of H-pyrrole nitrogens is 1. The average Bonchev–Trinajstić information content (AvgIpc) is 2.60. The molecule has 1 aromatic heterocycles. The van der Waals surface area contributed by atoms with E-state index in [1.165, 1.54) is 58.3 Å². The van der Waals surface area contributed by atoms with Crippen LogP contribution in [0.4, 0.5) is 0 Å². The van der Waals surface area contributed by atoms with Gasteiger partial charge in [0.05, 0.1) is 5.39 Å². The standard InChI is InChI=1S/C20H18ClNS/c21-15-11-9-14(10-12-15)13-23-20-16-5-1-3-7-18(16)22-19-8-4-2-6-17(19)20/h1,3,5,7,9-12H,2,4,6,8,13H2/p+1. The van der Waals surface area contributed by atoms with Gasteiger partial charge in [0, 0.05) is 33.7 Å². The summed E-state index contributed by atoms with van der Waals surface area (Å²) in [6.07, 6.45) is 4.96. The fourth-order valence-corrected chi connectivity index (χ4v) is 4.67. The number of rotatable bonds is 3. The van der Waals surface area contributed by atoms with Gasteiger partial charge in [0.1, 0.15) is 0 Å². The van der Waals surface area contributed by atoms with Gasteiger partial charge >= 0.3 is 0 Å². The molecule has 0 spiro atoms. The maximum atomic E-state index is 5.99. The zero-order chi connectivity index (χ0) is 15.6. The van der Waals surface area contributed by atoms with Gasteiger partial charge in [0.2, 0.25) is 5.52 Å². The number of aryl methyl sites for hydroxylation is 1. The molecule has 0 saturated carbocycles. The number of halogens is 1. The van der Waals surface area contributed by atoms with Crippen LogP contribution in [0.1, 0.15) is 29.7 Å². The Kier molecular flexibility index (Phi) is 4.28. The molecule has 0 atom stereocenters. The minimum Gasteiger partial charge on any atom is -0.208 e.